The first-order chi connectivity index (χ1) is 25.0. The molecule has 0 rings (SSSR count). The Kier molecular flexibility index (Phi) is 145. The number of carbonyl (C=O) groups is 8. The van der Waals surface area contributed by atoms with E-state index in [0.29, 0.717) is 0 Å². The summed E-state index contributed by atoms with van der Waals surface area (Å²) in [5, 5.41) is 79.8. The van der Waals surface area contributed by atoms with E-state index in [0.717, 1.165) is 48.6 Å². The summed E-state index contributed by atoms with van der Waals surface area (Å²) >= 11 is 0. The Morgan fingerprint density at radius 1 is 0.212 bits per heavy atom. The van der Waals surface area contributed by atoms with E-state index < -0.39 is 0 Å². The van der Waals surface area contributed by atoms with Crippen molar-refractivity contribution in [2.24, 2.45) is 0 Å². The second-order valence-electron chi connectivity index (χ2n) is 10.9. The van der Waals surface area contributed by atoms with Crippen molar-refractivity contribution in [1.82, 2.24) is 0 Å². The number of rotatable bonds is 8. The van der Waals surface area contributed by atoms with E-state index in [1.807, 2.05) is 0 Å². The van der Waals surface area contributed by atoms with Crippen LogP contribution in [0.4, 0.5) is 0 Å². The fraction of sp³-hybridized carbons (Fsp3) is 0.400. The van der Waals surface area contributed by atoms with Gasteiger partial charge in [0.1, 0.15) is 0 Å². The minimum absolute atomic E-state index is 0. The molecule has 400 valence electrons. The van der Waals surface area contributed by atoms with Crippen molar-refractivity contribution in [1.29, 1.82) is 0 Å². The largest absolute Gasteiger partial charge is 2.00 e. The number of allylic oxidation sites excluding steroid dienone is 16. The second-order valence-corrected chi connectivity index (χ2v) is 10.9. The molecule has 0 aliphatic heterocycles. The Labute approximate surface area is 427 Å². The molecule has 0 unspecified atom stereocenters. The third-order valence-corrected chi connectivity index (χ3v) is 3.25. The molecule has 22 nitrogen and oxygen atoms in total. The van der Waals surface area contributed by atoms with Gasteiger partial charge in [0.15, 0.2) is 46.3 Å². The van der Waals surface area contributed by atoms with E-state index in [2.05, 4.69) is 0 Å². The molecule has 0 bridgehead atoms. The summed E-state index contributed by atoms with van der Waals surface area (Å²) in [7, 11) is 0. The summed E-state index contributed by atoms with van der Waals surface area (Å²) in [6.07, 6.45) is 8.44. The first kappa shape index (κ1) is 119. The summed E-state index contributed by atoms with van der Waals surface area (Å²) in [6.45, 7) is 21.6. The number of hydrogen-bond acceptors (Lipinski definition) is 16. The van der Waals surface area contributed by atoms with E-state index in [4.69, 9.17) is 0 Å². The standard InChI is InChI=1S/8C5H8O2.4Ni.6H2O/c8*1-4(6)3-5(2)7;;;;;;;;;;/h8*3,6H,1-2H3;;;;;6*1H2/q;;;;;;;;4*+2;;;;;;/p-4/b8*4-3-;;;;;;;;;;. The van der Waals surface area contributed by atoms with Gasteiger partial charge in [-0.1, -0.05) is 55.4 Å². The van der Waals surface area contributed by atoms with Crippen LogP contribution in [0.15, 0.2) is 94.7 Å². The van der Waals surface area contributed by atoms with Gasteiger partial charge in [-0.15, -0.1) is 46.1 Å². The SMILES string of the molecule is CC(=O)/C=C(/C)[O-].CC(=O)/C=C(/C)[O-].CC(=O)/C=C(/C)[O-].CC(=O)/C=C(/C)[O-].CC(=O)/C=C(/C)[O-].CC(=O)/C=C(/C)[O-].CC(=O)/C=C(/C)[O-].CC(=O)/C=C(/C)[O-].O.O.[Ni+2].[Ni+2].[Ni+2].[Ni+2].[OH3+].[OH3+].[OH3+].[OH3+]. The van der Waals surface area contributed by atoms with Crippen LogP contribution in [0.3, 0.4) is 0 Å². The molecule has 0 amide bonds. The average molecular weight is 1140 g/mol. The molecule has 0 saturated heterocycles. The minimum Gasteiger partial charge on any atom is -0.876 e. The van der Waals surface area contributed by atoms with E-state index in [1.165, 1.54) is 111 Å². The van der Waals surface area contributed by atoms with Crippen LogP contribution in [0.1, 0.15) is 111 Å². The Morgan fingerprint density at radius 3 is 0.258 bits per heavy atom. The molecular weight excluding hydrogens is 1070 g/mol. The van der Waals surface area contributed by atoms with Crippen LogP contribution < -0.4 is 40.9 Å². The van der Waals surface area contributed by atoms with Crippen LogP contribution in [0, 0.1) is 0 Å². The molecule has 0 saturated carbocycles. The van der Waals surface area contributed by atoms with Crippen LogP contribution in [0.2, 0.25) is 0 Å². The molecule has 16 N–H and O–H groups in total. The fourth-order valence-corrected chi connectivity index (χ4v) is 2.29. The zero-order valence-corrected chi connectivity index (χ0v) is 43.7. The molecule has 0 spiro atoms. The van der Waals surface area contributed by atoms with Crippen molar-refractivity contribution < 1.29 is 178 Å². The molecule has 0 aliphatic carbocycles. The van der Waals surface area contributed by atoms with Crippen LogP contribution in [0.5, 0.6) is 0 Å². The van der Waals surface area contributed by atoms with Crippen molar-refractivity contribution in [2.75, 3.05) is 0 Å². The molecule has 0 aliphatic rings. The predicted octanol–water partition coefficient (Wildman–Crippen LogP) is -6.63. The van der Waals surface area contributed by atoms with Crippen LogP contribution >= 0.6 is 0 Å². The van der Waals surface area contributed by atoms with Gasteiger partial charge in [0, 0.05) is 0 Å². The molecule has 0 atom stereocenters. The van der Waals surface area contributed by atoms with Crippen molar-refractivity contribution >= 4 is 46.3 Å². The van der Waals surface area contributed by atoms with Crippen LogP contribution in [-0.2, 0) is 126 Å². The molecule has 26 heteroatoms. The normalized spacial score (nSPS) is 9.70. The van der Waals surface area contributed by atoms with Crippen LogP contribution in [-0.4, -0.2) is 57.2 Å². The molecule has 0 aromatic carbocycles. The maximum atomic E-state index is 9.98. The van der Waals surface area contributed by atoms with Gasteiger partial charge in [0.25, 0.3) is 0 Å². The van der Waals surface area contributed by atoms with Gasteiger partial charge < -0.3 is 73.7 Å². The Bertz CT molecular complexity index is 1160. The van der Waals surface area contributed by atoms with Gasteiger partial charge in [0.2, 0.25) is 0 Å². The molecule has 0 heterocycles. The van der Waals surface area contributed by atoms with Gasteiger partial charge >= 0.3 is 66.0 Å². The summed E-state index contributed by atoms with van der Waals surface area (Å²) in [5.41, 5.74) is 0. The van der Waals surface area contributed by atoms with Crippen LogP contribution in [0.25, 0.3) is 0 Å². The fourth-order valence-electron chi connectivity index (χ4n) is 2.29. The topological polar surface area (TPSA) is 516 Å². The van der Waals surface area contributed by atoms with E-state index >= 15 is 0 Å². The van der Waals surface area contributed by atoms with Gasteiger partial charge in [-0.3, -0.25) is 38.4 Å². The summed E-state index contributed by atoms with van der Waals surface area (Å²) in [4.78, 5) is 79.8. The Morgan fingerprint density at radius 2 is 0.258 bits per heavy atom. The van der Waals surface area contributed by atoms with Gasteiger partial charge in [-0.25, -0.2) is 0 Å². The predicted molar refractivity (Wildman–Crippen MR) is 222 cm³/mol. The molecule has 0 aromatic heterocycles. The maximum absolute atomic E-state index is 9.98. The van der Waals surface area contributed by atoms with Crippen molar-refractivity contribution in [3.63, 3.8) is 0 Å². The van der Waals surface area contributed by atoms with E-state index in [-0.39, 0.29) is 191 Å². The zero-order valence-electron chi connectivity index (χ0n) is 39.7. The third kappa shape index (κ3) is 270. The van der Waals surface area contributed by atoms with Gasteiger partial charge in [-0.05, 0) is 104 Å². The average Bonchev–Trinajstić information content (AvgIpc) is 2.84. The molecular formula is C40H72Ni4O22+4. The first-order valence-electron chi connectivity index (χ1n) is 15.9. The number of carbonyl (C=O) groups excluding carboxylic acids is 8. The molecule has 0 fully saturated rings. The number of ketones is 8. The minimum atomic E-state index is -0.187. The summed E-state index contributed by atoms with van der Waals surface area (Å²) < 4.78 is 0. The zero-order chi connectivity index (χ0) is 46.9. The van der Waals surface area contributed by atoms with Crippen molar-refractivity contribution in [2.45, 2.75) is 111 Å². The maximum Gasteiger partial charge on any atom is 2.00 e. The molecule has 66 heavy (non-hydrogen) atoms. The second kappa shape index (κ2) is 80.7. The first-order valence-corrected chi connectivity index (χ1v) is 15.9. The number of hydrogen-bond donors (Lipinski definition) is 0. The quantitative estimate of drug-likeness (QED) is 0.0944. The molecule has 0 aromatic rings. The Hall–Kier alpha value is -4.59. The Balaban J connectivity index is -0.0000000244. The monoisotopic (exact) mass is 1140 g/mol. The van der Waals surface area contributed by atoms with Gasteiger partial charge in [0.05, 0.1) is 0 Å². The molecule has 0 radical (unpaired) electrons. The van der Waals surface area contributed by atoms with E-state index in [9.17, 15) is 79.2 Å². The third-order valence-electron chi connectivity index (χ3n) is 3.25. The summed E-state index contributed by atoms with van der Waals surface area (Å²) in [6, 6.07) is 0. The van der Waals surface area contributed by atoms with Crippen molar-refractivity contribution in [3.8, 4) is 0 Å². The van der Waals surface area contributed by atoms with Gasteiger partial charge in [-0.2, -0.15) is 0 Å². The van der Waals surface area contributed by atoms with Crippen molar-refractivity contribution in [3.05, 3.63) is 94.7 Å². The smallest absolute Gasteiger partial charge is 0.876 e. The summed E-state index contributed by atoms with van der Waals surface area (Å²) in [5.74, 6) is -3.00. The van der Waals surface area contributed by atoms with E-state index in [1.54, 1.807) is 0 Å².